The second-order valence-electron chi connectivity index (χ2n) is 9.55. The van der Waals surface area contributed by atoms with Crippen LogP contribution in [0.15, 0.2) is 61.2 Å². The van der Waals surface area contributed by atoms with Crippen molar-refractivity contribution in [2.45, 2.75) is 83.8 Å². The third-order valence-corrected chi connectivity index (χ3v) is 6.62. The Hall–Kier alpha value is -2.10. The lowest BCUT2D eigenvalue weighted by Gasteiger charge is -2.29. The van der Waals surface area contributed by atoms with E-state index in [4.69, 9.17) is 14.2 Å². The van der Waals surface area contributed by atoms with Gasteiger partial charge in [0, 0.05) is 11.5 Å². The Morgan fingerprint density at radius 3 is 2.09 bits per heavy atom. The van der Waals surface area contributed by atoms with Gasteiger partial charge in [-0.15, -0.1) is 6.58 Å². The summed E-state index contributed by atoms with van der Waals surface area (Å²) < 4.78 is 18.0. The highest BCUT2D eigenvalue weighted by Crippen LogP contribution is 2.30. The summed E-state index contributed by atoms with van der Waals surface area (Å²) in [5.74, 6) is 1.47. The van der Waals surface area contributed by atoms with E-state index in [9.17, 15) is 0 Å². The Morgan fingerprint density at radius 2 is 1.41 bits per heavy atom. The Kier molecular flexibility index (Phi) is 12.3. The van der Waals surface area contributed by atoms with Crippen LogP contribution in [0.4, 0.5) is 0 Å². The zero-order valence-corrected chi connectivity index (χ0v) is 21.2. The van der Waals surface area contributed by atoms with Crippen LogP contribution < -0.4 is 4.74 Å². The molecule has 1 aliphatic rings. The maximum atomic E-state index is 6.06. The largest absolute Gasteiger partial charge is 0.494 e. The van der Waals surface area contributed by atoms with E-state index in [0.717, 1.165) is 44.0 Å². The van der Waals surface area contributed by atoms with Crippen LogP contribution in [0.1, 0.15) is 89.4 Å². The lowest BCUT2D eigenvalue weighted by molar-refractivity contribution is -0.206. The van der Waals surface area contributed by atoms with Crippen LogP contribution in [0.25, 0.3) is 11.1 Å². The third-order valence-electron chi connectivity index (χ3n) is 6.62. The number of hydrogen-bond donors (Lipinski definition) is 0. The highest BCUT2D eigenvalue weighted by Gasteiger charge is 2.23. The molecule has 0 aromatic heterocycles. The molecule has 186 valence electrons. The van der Waals surface area contributed by atoms with Crippen molar-refractivity contribution in [3.8, 4) is 16.9 Å². The molecule has 0 saturated carbocycles. The Balaban J connectivity index is 1.37. The minimum absolute atomic E-state index is 0.239. The molecule has 3 rings (SSSR count). The van der Waals surface area contributed by atoms with Crippen molar-refractivity contribution in [1.82, 2.24) is 0 Å². The minimum atomic E-state index is -0.239. The van der Waals surface area contributed by atoms with Gasteiger partial charge < -0.3 is 14.2 Å². The summed E-state index contributed by atoms with van der Waals surface area (Å²) in [5.41, 5.74) is 3.48. The van der Waals surface area contributed by atoms with Gasteiger partial charge in [-0.25, -0.2) is 0 Å². The average molecular weight is 465 g/mol. The van der Waals surface area contributed by atoms with Crippen molar-refractivity contribution >= 4 is 0 Å². The molecular formula is C31H44O3. The summed E-state index contributed by atoms with van der Waals surface area (Å²) >= 11 is 0. The predicted octanol–water partition coefficient (Wildman–Crippen LogP) is 8.89. The molecule has 0 bridgehead atoms. The van der Waals surface area contributed by atoms with E-state index in [1.54, 1.807) is 0 Å². The summed E-state index contributed by atoms with van der Waals surface area (Å²) in [6.45, 7) is 8.41. The molecule has 1 aliphatic heterocycles. The van der Waals surface area contributed by atoms with Gasteiger partial charge in [-0.1, -0.05) is 87.9 Å². The van der Waals surface area contributed by atoms with E-state index in [2.05, 4.69) is 62.0 Å². The van der Waals surface area contributed by atoms with E-state index < -0.39 is 0 Å². The lowest BCUT2D eigenvalue weighted by atomic mass is 10.0. The number of benzene rings is 2. The zero-order valence-electron chi connectivity index (χ0n) is 21.2. The van der Waals surface area contributed by atoms with Gasteiger partial charge in [0.1, 0.15) is 5.75 Å². The SMILES string of the molecule is C=CCCCCCOc1ccc(-c2ccc(C3OCC(CCCCCCCC)CO3)cc2)cc1. The van der Waals surface area contributed by atoms with Crippen LogP contribution in [0.2, 0.25) is 0 Å². The highest BCUT2D eigenvalue weighted by atomic mass is 16.7. The molecule has 0 amide bonds. The molecule has 0 radical (unpaired) electrons. The van der Waals surface area contributed by atoms with Crippen LogP contribution in [0, 0.1) is 5.92 Å². The first-order valence-electron chi connectivity index (χ1n) is 13.5. The Morgan fingerprint density at radius 1 is 0.794 bits per heavy atom. The second kappa shape index (κ2) is 15.7. The molecule has 0 N–H and O–H groups in total. The minimum Gasteiger partial charge on any atom is -0.494 e. The van der Waals surface area contributed by atoms with Gasteiger partial charge in [-0.05, 0) is 55.4 Å². The third kappa shape index (κ3) is 9.27. The van der Waals surface area contributed by atoms with Gasteiger partial charge in [0.2, 0.25) is 0 Å². The first-order chi connectivity index (χ1) is 16.8. The van der Waals surface area contributed by atoms with E-state index in [-0.39, 0.29) is 6.29 Å². The Bertz CT molecular complexity index is 788. The van der Waals surface area contributed by atoms with Gasteiger partial charge in [-0.2, -0.15) is 0 Å². The molecule has 1 fully saturated rings. The normalized spacial score (nSPS) is 18.0. The van der Waals surface area contributed by atoms with Crippen molar-refractivity contribution in [2.24, 2.45) is 5.92 Å². The van der Waals surface area contributed by atoms with Crippen molar-refractivity contribution in [2.75, 3.05) is 19.8 Å². The highest BCUT2D eigenvalue weighted by molar-refractivity contribution is 5.64. The van der Waals surface area contributed by atoms with Gasteiger partial charge in [-0.3, -0.25) is 0 Å². The zero-order chi connectivity index (χ0) is 23.8. The van der Waals surface area contributed by atoms with Gasteiger partial charge >= 0.3 is 0 Å². The average Bonchev–Trinajstić information content (AvgIpc) is 2.89. The smallest absolute Gasteiger partial charge is 0.183 e. The molecule has 0 atom stereocenters. The topological polar surface area (TPSA) is 27.7 Å². The summed E-state index contributed by atoms with van der Waals surface area (Å²) in [5, 5.41) is 0. The number of allylic oxidation sites excluding steroid dienone is 1. The fourth-order valence-corrected chi connectivity index (χ4v) is 4.45. The molecule has 1 saturated heterocycles. The second-order valence-corrected chi connectivity index (χ2v) is 9.55. The number of hydrogen-bond acceptors (Lipinski definition) is 3. The summed E-state index contributed by atoms with van der Waals surface area (Å²) in [4.78, 5) is 0. The van der Waals surface area contributed by atoms with Gasteiger partial charge in [0.05, 0.1) is 19.8 Å². The molecule has 0 aliphatic carbocycles. The number of ether oxygens (including phenoxy) is 3. The predicted molar refractivity (Wildman–Crippen MR) is 142 cm³/mol. The first-order valence-corrected chi connectivity index (χ1v) is 13.5. The molecule has 3 heteroatoms. The molecule has 0 spiro atoms. The van der Waals surface area contributed by atoms with Crippen molar-refractivity contribution in [3.05, 3.63) is 66.7 Å². The van der Waals surface area contributed by atoms with E-state index in [1.807, 2.05) is 6.08 Å². The van der Waals surface area contributed by atoms with Gasteiger partial charge in [0.25, 0.3) is 0 Å². The maximum Gasteiger partial charge on any atom is 0.183 e. The summed E-state index contributed by atoms with van der Waals surface area (Å²) in [6, 6.07) is 16.9. The van der Waals surface area contributed by atoms with Crippen LogP contribution in [-0.4, -0.2) is 19.8 Å². The number of unbranched alkanes of at least 4 members (excludes halogenated alkanes) is 8. The van der Waals surface area contributed by atoms with Crippen molar-refractivity contribution in [3.63, 3.8) is 0 Å². The standard InChI is InChI=1S/C31H44O3/c1-3-5-7-9-10-12-14-26-24-33-31(34-25-26)29-17-15-27(16-18-29)28-19-21-30(22-20-28)32-23-13-11-8-6-4-2/h4,15-22,26,31H,2-3,5-14,23-25H2,1H3. The Labute approximate surface area is 207 Å². The summed E-state index contributed by atoms with van der Waals surface area (Å²) in [7, 11) is 0. The quantitative estimate of drug-likeness (QED) is 0.183. The molecule has 3 nitrogen and oxygen atoms in total. The molecule has 34 heavy (non-hydrogen) atoms. The summed E-state index contributed by atoms with van der Waals surface area (Å²) in [6.07, 6.45) is 15.6. The van der Waals surface area contributed by atoms with E-state index >= 15 is 0 Å². The molecule has 2 aromatic rings. The molecule has 2 aromatic carbocycles. The lowest BCUT2D eigenvalue weighted by Crippen LogP contribution is -2.27. The van der Waals surface area contributed by atoms with Gasteiger partial charge in [0.15, 0.2) is 6.29 Å². The van der Waals surface area contributed by atoms with Crippen molar-refractivity contribution < 1.29 is 14.2 Å². The first kappa shape index (κ1) is 26.5. The molecule has 1 heterocycles. The number of rotatable bonds is 16. The van der Waals surface area contributed by atoms with E-state index in [1.165, 1.54) is 68.9 Å². The molecular weight excluding hydrogens is 420 g/mol. The monoisotopic (exact) mass is 464 g/mol. The fourth-order valence-electron chi connectivity index (χ4n) is 4.45. The molecule has 0 unspecified atom stereocenters. The van der Waals surface area contributed by atoms with Crippen molar-refractivity contribution in [1.29, 1.82) is 0 Å². The fraction of sp³-hybridized carbons (Fsp3) is 0.548. The van der Waals surface area contributed by atoms with Crippen LogP contribution in [-0.2, 0) is 9.47 Å². The van der Waals surface area contributed by atoms with Crippen LogP contribution >= 0.6 is 0 Å². The van der Waals surface area contributed by atoms with Crippen LogP contribution in [0.3, 0.4) is 0 Å². The van der Waals surface area contributed by atoms with Crippen LogP contribution in [0.5, 0.6) is 5.75 Å². The van der Waals surface area contributed by atoms with E-state index in [0.29, 0.717) is 5.92 Å². The maximum absolute atomic E-state index is 6.06.